The minimum atomic E-state index is -0.942. The predicted molar refractivity (Wildman–Crippen MR) is 39.4 cm³/mol. The van der Waals surface area contributed by atoms with Crippen LogP contribution in [0.5, 0.6) is 5.75 Å². The highest BCUT2D eigenvalue weighted by Crippen LogP contribution is 2.22. The average Bonchev–Trinajstić information content (AvgIpc) is 2.10. The summed E-state index contributed by atoms with van der Waals surface area (Å²) in [6.07, 6.45) is 0.347. The number of aliphatic hydroxyl groups is 1. The zero-order chi connectivity index (χ0) is 9.14. The number of hydrogen-bond donors (Lipinski definition) is 2. The second-order valence-corrected chi connectivity index (χ2v) is 2.25. The lowest BCUT2D eigenvalue weighted by atomic mass is 10.1. The van der Waals surface area contributed by atoms with Crippen LogP contribution in [0.4, 0.5) is 4.39 Å². The van der Waals surface area contributed by atoms with Crippen molar-refractivity contribution in [1.82, 2.24) is 0 Å². The molecule has 0 heterocycles. The van der Waals surface area contributed by atoms with E-state index in [1.165, 1.54) is 12.1 Å². The fourth-order valence-electron chi connectivity index (χ4n) is 0.838. The number of halogens is 1. The molecule has 0 bridgehead atoms. The molecular formula is C8H7FO3. The number of phenolic OH excluding ortho intramolecular Hbond substituents is 1. The molecule has 0 spiro atoms. The lowest BCUT2D eigenvalue weighted by molar-refractivity contribution is 0.112. The summed E-state index contributed by atoms with van der Waals surface area (Å²) in [7, 11) is 0. The summed E-state index contributed by atoms with van der Waals surface area (Å²) in [6.45, 7) is -0.501. The van der Waals surface area contributed by atoms with Crippen molar-refractivity contribution in [2.24, 2.45) is 0 Å². The quantitative estimate of drug-likeness (QED) is 0.646. The number of rotatable bonds is 2. The summed E-state index contributed by atoms with van der Waals surface area (Å²) in [4.78, 5) is 10.2. The van der Waals surface area contributed by atoms with Crippen LogP contribution in [-0.2, 0) is 6.61 Å². The second kappa shape index (κ2) is 3.32. The van der Waals surface area contributed by atoms with Gasteiger partial charge in [0, 0.05) is 5.56 Å². The van der Waals surface area contributed by atoms with E-state index in [0.29, 0.717) is 6.29 Å². The summed E-state index contributed by atoms with van der Waals surface area (Å²) in [5, 5.41) is 17.6. The van der Waals surface area contributed by atoms with Crippen molar-refractivity contribution < 1.29 is 19.4 Å². The van der Waals surface area contributed by atoms with Crippen LogP contribution in [0.25, 0.3) is 0 Å². The molecule has 1 rings (SSSR count). The molecule has 0 aliphatic rings. The van der Waals surface area contributed by atoms with Gasteiger partial charge in [0.2, 0.25) is 0 Å². The Bertz CT molecular complexity index is 309. The van der Waals surface area contributed by atoms with E-state index in [4.69, 9.17) is 10.2 Å². The van der Waals surface area contributed by atoms with Crippen molar-refractivity contribution >= 4 is 6.29 Å². The van der Waals surface area contributed by atoms with Crippen molar-refractivity contribution in [3.8, 4) is 5.75 Å². The molecular weight excluding hydrogens is 163 g/mol. The highest BCUT2D eigenvalue weighted by atomic mass is 19.1. The Morgan fingerprint density at radius 2 is 2.17 bits per heavy atom. The third-order valence-corrected chi connectivity index (χ3v) is 1.52. The van der Waals surface area contributed by atoms with Crippen LogP contribution >= 0.6 is 0 Å². The first-order valence-electron chi connectivity index (χ1n) is 3.27. The number of aliphatic hydroxyl groups excluding tert-OH is 1. The minimum absolute atomic E-state index is 0.0295. The van der Waals surface area contributed by atoms with Gasteiger partial charge in [-0.2, -0.15) is 0 Å². The van der Waals surface area contributed by atoms with Gasteiger partial charge in [-0.25, -0.2) is 4.39 Å². The fraction of sp³-hybridized carbons (Fsp3) is 0.125. The molecule has 2 N–H and O–H groups in total. The van der Waals surface area contributed by atoms with E-state index in [2.05, 4.69) is 0 Å². The fourth-order valence-corrected chi connectivity index (χ4v) is 0.838. The number of carbonyl (C=O) groups is 1. The van der Waals surface area contributed by atoms with Crippen LogP contribution in [0.1, 0.15) is 15.9 Å². The number of phenols is 1. The Labute approximate surface area is 68.1 Å². The van der Waals surface area contributed by atoms with E-state index in [-0.39, 0.29) is 11.1 Å². The number of aromatic hydroxyl groups is 1. The molecule has 0 unspecified atom stereocenters. The smallest absolute Gasteiger partial charge is 0.171 e. The molecule has 3 nitrogen and oxygen atoms in total. The molecule has 0 radical (unpaired) electrons. The standard InChI is InChI=1S/C8H7FO3/c9-7-5(3-10)1-2-6(4-11)8(7)12/h1-2,4,10,12H,3H2. The van der Waals surface area contributed by atoms with Crippen molar-refractivity contribution in [2.75, 3.05) is 0 Å². The van der Waals surface area contributed by atoms with E-state index in [1.54, 1.807) is 0 Å². The second-order valence-electron chi connectivity index (χ2n) is 2.25. The Hall–Kier alpha value is -1.42. The van der Waals surface area contributed by atoms with E-state index >= 15 is 0 Å². The van der Waals surface area contributed by atoms with Gasteiger partial charge in [0.15, 0.2) is 17.9 Å². The normalized spacial score (nSPS) is 9.83. The first-order chi connectivity index (χ1) is 5.70. The summed E-state index contributed by atoms with van der Waals surface area (Å²) in [5.41, 5.74) is -0.150. The number of hydrogen-bond acceptors (Lipinski definition) is 3. The highest BCUT2D eigenvalue weighted by Gasteiger charge is 2.10. The maximum absolute atomic E-state index is 12.9. The Morgan fingerprint density at radius 3 is 2.67 bits per heavy atom. The van der Waals surface area contributed by atoms with Gasteiger partial charge in [-0.15, -0.1) is 0 Å². The molecule has 0 aliphatic heterocycles. The third kappa shape index (κ3) is 1.29. The Kier molecular flexibility index (Phi) is 2.40. The molecule has 4 heteroatoms. The van der Waals surface area contributed by atoms with Gasteiger partial charge in [0.25, 0.3) is 0 Å². The first-order valence-corrected chi connectivity index (χ1v) is 3.27. The molecule has 0 saturated heterocycles. The maximum atomic E-state index is 12.9. The Morgan fingerprint density at radius 1 is 1.50 bits per heavy atom. The minimum Gasteiger partial charge on any atom is -0.504 e. The summed E-state index contributed by atoms with van der Waals surface area (Å²) >= 11 is 0. The van der Waals surface area contributed by atoms with Gasteiger partial charge in [0.05, 0.1) is 12.2 Å². The van der Waals surface area contributed by atoms with Gasteiger partial charge < -0.3 is 10.2 Å². The van der Waals surface area contributed by atoms with Gasteiger partial charge in [-0.1, -0.05) is 6.07 Å². The molecule has 64 valence electrons. The van der Waals surface area contributed by atoms with Crippen molar-refractivity contribution in [2.45, 2.75) is 6.61 Å². The van der Waals surface area contributed by atoms with Crippen LogP contribution in [0.15, 0.2) is 12.1 Å². The maximum Gasteiger partial charge on any atom is 0.171 e. The number of carbonyl (C=O) groups excluding carboxylic acids is 1. The molecule has 0 saturated carbocycles. The molecule has 0 aromatic heterocycles. The molecule has 0 atom stereocenters. The van der Waals surface area contributed by atoms with Crippen LogP contribution < -0.4 is 0 Å². The van der Waals surface area contributed by atoms with Gasteiger partial charge in [0.1, 0.15) is 0 Å². The van der Waals surface area contributed by atoms with Crippen LogP contribution in [-0.4, -0.2) is 16.5 Å². The van der Waals surface area contributed by atoms with Crippen molar-refractivity contribution in [1.29, 1.82) is 0 Å². The average molecular weight is 170 g/mol. The topological polar surface area (TPSA) is 57.5 Å². The summed E-state index contributed by atoms with van der Waals surface area (Å²) in [6, 6.07) is 2.50. The monoisotopic (exact) mass is 170 g/mol. The lowest BCUT2D eigenvalue weighted by Gasteiger charge is -2.02. The van der Waals surface area contributed by atoms with E-state index in [0.717, 1.165) is 0 Å². The van der Waals surface area contributed by atoms with Crippen LogP contribution in [0.2, 0.25) is 0 Å². The van der Waals surface area contributed by atoms with Crippen molar-refractivity contribution in [3.63, 3.8) is 0 Å². The van der Waals surface area contributed by atoms with Gasteiger partial charge in [-0.05, 0) is 6.07 Å². The van der Waals surface area contributed by atoms with E-state index in [1.807, 2.05) is 0 Å². The van der Waals surface area contributed by atoms with Crippen LogP contribution in [0, 0.1) is 5.82 Å². The first kappa shape index (κ1) is 8.67. The summed E-state index contributed by atoms with van der Waals surface area (Å²) in [5.74, 6) is -1.65. The summed E-state index contributed by atoms with van der Waals surface area (Å²) < 4.78 is 12.9. The number of benzene rings is 1. The van der Waals surface area contributed by atoms with Gasteiger partial charge >= 0.3 is 0 Å². The predicted octanol–water partition coefficient (Wildman–Crippen LogP) is 0.836. The zero-order valence-electron chi connectivity index (χ0n) is 6.12. The molecule has 1 aromatic rings. The zero-order valence-corrected chi connectivity index (χ0v) is 6.12. The van der Waals surface area contributed by atoms with E-state index in [9.17, 15) is 9.18 Å². The molecule has 12 heavy (non-hydrogen) atoms. The van der Waals surface area contributed by atoms with E-state index < -0.39 is 18.2 Å². The molecule has 1 aromatic carbocycles. The molecule has 0 aliphatic carbocycles. The Balaban J connectivity index is 3.29. The molecule has 0 amide bonds. The van der Waals surface area contributed by atoms with Gasteiger partial charge in [-0.3, -0.25) is 4.79 Å². The highest BCUT2D eigenvalue weighted by molar-refractivity contribution is 5.79. The number of aldehydes is 1. The van der Waals surface area contributed by atoms with Crippen molar-refractivity contribution in [3.05, 3.63) is 29.1 Å². The lowest BCUT2D eigenvalue weighted by Crippen LogP contribution is -1.93. The van der Waals surface area contributed by atoms with Crippen LogP contribution in [0.3, 0.4) is 0 Å². The largest absolute Gasteiger partial charge is 0.504 e. The third-order valence-electron chi connectivity index (χ3n) is 1.52. The SMILES string of the molecule is O=Cc1ccc(CO)c(F)c1O. The molecule has 0 fully saturated rings.